The molecule has 0 aliphatic carbocycles. The van der Waals surface area contributed by atoms with Crippen molar-refractivity contribution in [3.05, 3.63) is 52.1 Å². The molecule has 0 atom stereocenters. The quantitative estimate of drug-likeness (QED) is 0.475. The van der Waals surface area contributed by atoms with E-state index in [1.807, 2.05) is 12.1 Å². The van der Waals surface area contributed by atoms with Crippen LogP contribution in [0.3, 0.4) is 0 Å². The second kappa shape index (κ2) is 7.74. The van der Waals surface area contributed by atoms with Crippen molar-refractivity contribution in [1.29, 1.82) is 0 Å². The molecule has 0 aliphatic heterocycles. The number of tetrazole rings is 1. The normalized spacial score (nSPS) is 11.0. The van der Waals surface area contributed by atoms with Crippen LogP contribution < -0.4 is 10.1 Å². The Morgan fingerprint density at radius 3 is 2.79 bits per heavy atom. The number of ether oxygens (including phenoxy) is 1. The van der Waals surface area contributed by atoms with Crippen LogP contribution in [0.15, 0.2) is 46.2 Å². The number of H-pyrrole nitrogens is 1. The van der Waals surface area contributed by atoms with E-state index < -0.39 is 11.7 Å². The van der Waals surface area contributed by atoms with Gasteiger partial charge in [0.25, 0.3) is 11.9 Å². The zero-order chi connectivity index (χ0) is 19.7. The minimum absolute atomic E-state index is 0.0497. The van der Waals surface area contributed by atoms with Gasteiger partial charge < -0.3 is 4.74 Å². The van der Waals surface area contributed by atoms with Crippen molar-refractivity contribution in [3.8, 4) is 5.75 Å². The van der Waals surface area contributed by atoms with Gasteiger partial charge in [0.15, 0.2) is 11.6 Å². The van der Waals surface area contributed by atoms with Crippen LogP contribution in [-0.4, -0.2) is 33.6 Å². The van der Waals surface area contributed by atoms with Gasteiger partial charge in [-0.1, -0.05) is 28.5 Å². The van der Waals surface area contributed by atoms with E-state index in [-0.39, 0.29) is 11.7 Å². The summed E-state index contributed by atoms with van der Waals surface area (Å²) in [7, 11) is 1.40. The standard InChI is InChI=1S/C17H11ClFN5O2S2/c1-26-12-6-10-13(7-11(12)19)28-15(16(25)20-17-21-23-24-22-17)14(10)27-9-4-2-8(18)3-5-9/h2-7H,1H3,(H2,20,21,22,23,24,25). The largest absolute Gasteiger partial charge is 0.494 e. The smallest absolute Gasteiger partial charge is 0.270 e. The summed E-state index contributed by atoms with van der Waals surface area (Å²) in [5, 5.41) is 17.0. The lowest BCUT2D eigenvalue weighted by Gasteiger charge is -2.06. The number of hydrogen-bond acceptors (Lipinski definition) is 7. The number of rotatable bonds is 5. The molecule has 0 fully saturated rings. The first-order valence-electron chi connectivity index (χ1n) is 7.83. The van der Waals surface area contributed by atoms with Crippen molar-refractivity contribution in [2.45, 2.75) is 9.79 Å². The average Bonchev–Trinajstić information content (AvgIpc) is 3.31. The number of benzene rings is 2. The van der Waals surface area contributed by atoms with Crippen LogP contribution in [0, 0.1) is 5.82 Å². The molecule has 11 heteroatoms. The molecule has 0 saturated heterocycles. The SMILES string of the molecule is COc1cc2c(Sc3ccc(Cl)cc3)c(C(=O)Nc3nn[nH]n3)sc2cc1F. The molecule has 4 aromatic rings. The summed E-state index contributed by atoms with van der Waals surface area (Å²) in [6.45, 7) is 0. The van der Waals surface area contributed by atoms with Crippen molar-refractivity contribution in [1.82, 2.24) is 20.6 Å². The molecule has 0 saturated carbocycles. The number of carbonyl (C=O) groups is 1. The second-order valence-electron chi connectivity index (χ2n) is 5.49. The van der Waals surface area contributed by atoms with Crippen LogP contribution in [0.1, 0.15) is 9.67 Å². The highest BCUT2D eigenvalue weighted by Gasteiger charge is 2.22. The number of hydrogen-bond donors (Lipinski definition) is 2. The van der Waals surface area contributed by atoms with Gasteiger partial charge in [-0.25, -0.2) is 4.39 Å². The Kier molecular flexibility index (Phi) is 5.16. The minimum atomic E-state index is -0.496. The molecule has 28 heavy (non-hydrogen) atoms. The van der Waals surface area contributed by atoms with Gasteiger partial charge in [0, 0.05) is 24.9 Å². The van der Waals surface area contributed by atoms with Crippen LogP contribution in [0.2, 0.25) is 5.02 Å². The van der Waals surface area contributed by atoms with Gasteiger partial charge in [0.1, 0.15) is 4.88 Å². The lowest BCUT2D eigenvalue weighted by atomic mass is 10.2. The molecule has 0 radical (unpaired) electrons. The number of anilines is 1. The van der Waals surface area contributed by atoms with E-state index in [4.69, 9.17) is 16.3 Å². The van der Waals surface area contributed by atoms with Crippen molar-refractivity contribution in [2.75, 3.05) is 12.4 Å². The third-order valence-corrected chi connectivity index (χ3v) is 6.40. The molecule has 0 aliphatic rings. The predicted octanol–water partition coefficient (Wildman–Crippen LogP) is 4.62. The van der Waals surface area contributed by atoms with Crippen LogP contribution in [-0.2, 0) is 0 Å². The third-order valence-electron chi connectivity index (χ3n) is 3.73. The molecule has 0 unspecified atom stereocenters. The first-order valence-corrected chi connectivity index (χ1v) is 9.84. The van der Waals surface area contributed by atoms with Gasteiger partial charge in [-0.05, 0) is 41.6 Å². The fourth-order valence-corrected chi connectivity index (χ4v) is 4.89. The van der Waals surface area contributed by atoms with E-state index in [2.05, 4.69) is 25.9 Å². The maximum absolute atomic E-state index is 14.2. The molecule has 4 rings (SSSR count). The van der Waals surface area contributed by atoms with E-state index in [1.54, 1.807) is 18.2 Å². The third kappa shape index (κ3) is 3.66. The Morgan fingerprint density at radius 2 is 2.11 bits per heavy atom. The van der Waals surface area contributed by atoms with Gasteiger partial charge in [-0.15, -0.1) is 16.4 Å². The highest BCUT2D eigenvalue weighted by Crippen LogP contribution is 2.43. The number of methoxy groups -OCH3 is 1. The van der Waals surface area contributed by atoms with Gasteiger partial charge >= 0.3 is 0 Å². The number of aromatic amines is 1. The average molecular weight is 436 g/mol. The first-order chi connectivity index (χ1) is 13.5. The molecule has 2 aromatic heterocycles. The summed E-state index contributed by atoms with van der Waals surface area (Å²) in [6, 6.07) is 10.2. The molecule has 0 spiro atoms. The van der Waals surface area contributed by atoms with E-state index >= 15 is 0 Å². The molecule has 2 heterocycles. The van der Waals surface area contributed by atoms with Crippen LogP contribution in [0.25, 0.3) is 10.1 Å². The maximum Gasteiger partial charge on any atom is 0.270 e. The summed E-state index contributed by atoms with van der Waals surface area (Å²) >= 11 is 8.50. The molecule has 0 bridgehead atoms. The number of thiophene rings is 1. The molecule has 7 nitrogen and oxygen atoms in total. The first kappa shape index (κ1) is 18.7. The molecular weight excluding hydrogens is 425 g/mol. The van der Waals surface area contributed by atoms with Crippen molar-refractivity contribution in [3.63, 3.8) is 0 Å². The van der Waals surface area contributed by atoms with Gasteiger partial charge in [0.05, 0.1) is 7.11 Å². The van der Waals surface area contributed by atoms with Crippen LogP contribution >= 0.6 is 34.7 Å². The zero-order valence-corrected chi connectivity index (χ0v) is 16.6. The summed E-state index contributed by atoms with van der Waals surface area (Å²) in [5.74, 6) is -0.759. The fourth-order valence-electron chi connectivity index (χ4n) is 2.48. The number of halogens is 2. The number of nitrogens with one attached hydrogen (secondary N) is 2. The summed E-state index contributed by atoms with van der Waals surface area (Å²) in [6.07, 6.45) is 0. The van der Waals surface area contributed by atoms with Crippen LogP contribution in [0.4, 0.5) is 10.3 Å². The number of amides is 1. The summed E-state index contributed by atoms with van der Waals surface area (Å²) in [4.78, 5) is 14.7. The number of aromatic nitrogens is 4. The van der Waals surface area contributed by atoms with Gasteiger partial charge in [0.2, 0.25) is 0 Å². The van der Waals surface area contributed by atoms with Crippen molar-refractivity contribution in [2.24, 2.45) is 0 Å². The Labute approximate surface area is 171 Å². The van der Waals surface area contributed by atoms with Crippen LogP contribution in [0.5, 0.6) is 5.75 Å². The number of fused-ring (bicyclic) bond motifs is 1. The Bertz CT molecular complexity index is 1150. The summed E-state index contributed by atoms with van der Waals surface area (Å²) < 4.78 is 19.9. The van der Waals surface area contributed by atoms with Gasteiger partial charge in [-0.2, -0.15) is 5.21 Å². The maximum atomic E-state index is 14.2. The number of carbonyl (C=O) groups excluding carboxylic acids is 1. The number of nitrogens with zero attached hydrogens (tertiary/aromatic N) is 3. The van der Waals surface area contributed by atoms with Crippen molar-refractivity contribution >= 4 is 56.6 Å². The van der Waals surface area contributed by atoms with E-state index in [0.717, 1.165) is 4.90 Å². The lowest BCUT2D eigenvalue weighted by Crippen LogP contribution is -2.12. The Hall–Kier alpha value is -2.69. The molecule has 1 amide bonds. The predicted molar refractivity (Wildman–Crippen MR) is 106 cm³/mol. The molecule has 2 aromatic carbocycles. The molecule has 2 N–H and O–H groups in total. The monoisotopic (exact) mass is 435 g/mol. The second-order valence-corrected chi connectivity index (χ2v) is 8.06. The molecule has 142 valence electrons. The summed E-state index contributed by atoms with van der Waals surface area (Å²) in [5.41, 5.74) is 0. The Balaban J connectivity index is 1.82. The van der Waals surface area contributed by atoms with Crippen molar-refractivity contribution < 1.29 is 13.9 Å². The highest BCUT2D eigenvalue weighted by atomic mass is 35.5. The highest BCUT2D eigenvalue weighted by molar-refractivity contribution is 7.99. The fraction of sp³-hybridized carbons (Fsp3) is 0.0588. The molecular formula is C17H11ClFN5O2S2. The lowest BCUT2D eigenvalue weighted by molar-refractivity contribution is 0.102. The van der Waals surface area contributed by atoms with E-state index in [9.17, 15) is 9.18 Å². The van der Waals surface area contributed by atoms with E-state index in [1.165, 1.54) is 36.3 Å². The van der Waals surface area contributed by atoms with E-state index in [0.29, 0.717) is 24.9 Å². The topological polar surface area (TPSA) is 92.8 Å². The Morgan fingerprint density at radius 1 is 1.32 bits per heavy atom. The van der Waals surface area contributed by atoms with Gasteiger partial charge in [-0.3, -0.25) is 10.1 Å². The minimum Gasteiger partial charge on any atom is -0.494 e. The zero-order valence-electron chi connectivity index (χ0n) is 14.2.